The lowest BCUT2D eigenvalue weighted by atomic mass is 9.93. The lowest BCUT2D eigenvalue weighted by Gasteiger charge is -2.19. The van der Waals surface area contributed by atoms with Gasteiger partial charge in [-0.25, -0.2) is 0 Å². The number of nitriles is 1. The molecule has 2 aliphatic rings. The first-order valence-corrected chi connectivity index (χ1v) is 15.9. The predicted molar refractivity (Wildman–Crippen MR) is 174 cm³/mol. The van der Waals surface area contributed by atoms with Crippen LogP contribution in [0, 0.1) is 18.3 Å². The van der Waals surface area contributed by atoms with Gasteiger partial charge in [0.1, 0.15) is 36.0 Å². The molecule has 0 spiro atoms. The fraction of sp³-hybridized carbons (Fsp3) is 0.324. The molecule has 1 unspecified atom stereocenters. The number of hydrogen-bond acceptors (Lipinski definition) is 7. The highest BCUT2D eigenvalue weighted by Crippen LogP contribution is 2.44. The minimum atomic E-state index is -0.200. The molecule has 1 aliphatic carbocycles. The number of fused-ring (bicyclic) bond motifs is 1. The van der Waals surface area contributed by atoms with Gasteiger partial charge in [-0.1, -0.05) is 41.9 Å². The highest BCUT2D eigenvalue weighted by atomic mass is 35.5. The predicted octanol–water partition coefficient (Wildman–Crippen LogP) is 7.90. The summed E-state index contributed by atoms with van der Waals surface area (Å²) < 4.78 is 18.7. The first-order chi connectivity index (χ1) is 22.0. The molecule has 0 bridgehead atoms. The number of benzene rings is 3. The van der Waals surface area contributed by atoms with Crippen molar-refractivity contribution >= 4 is 17.9 Å². The monoisotopic (exact) mass is 621 g/mol. The van der Waals surface area contributed by atoms with Gasteiger partial charge in [0.2, 0.25) is 0 Å². The Morgan fingerprint density at radius 2 is 1.84 bits per heavy atom. The van der Waals surface area contributed by atoms with Gasteiger partial charge >= 0.3 is 0 Å². The van der Waals surface area contributed by atoms with Gasteiger partial charge in [0.05, 0.1) is 22.8 Å². The van der Waals surface area contributed by atoms with Crippen LogP contribution in [0.1, 0.15) is 70.0 Å². The van der Waals surface area contributed by atoms with Crippen LogP contribution in [0.5, 0.6) is 17.2 Å². The van der Waals surface area contributed by atoms with Gasteiger partial charge in [-0.3, -0.25) is 9.78 Å². The third-order valence-electron chi connectivity index (χ3n) is 8.64. The zero-order valence-corrected chi connectivity index (χ0v) is 26.2. The molecule has 1 aromatic heterocycles. The maximum atomic E-state index is 11.8. The SMILES string of the molecule is Cc1c(OCCCN2CCCC2)cccc1-c1cccc2c1CCC2Oc1cc(OCc2cncc(C#N)c2)c(C=O)cc1Cl. The van der Waals surface area contributed by atoms with E-state index in [1.54, 1.807) is 24.4 Å². The minimum Gasteiger partial charge on any atom is -0.493 e. The highest BCUT2D eigenvalue weighted by Gasteiger charge is 2.28. The van der Waals surface area contributed by atoms with Crippen LogP contribution in [-0.2, 0) is 13.0 Å². The first-order valence-electron chi connectivity index (χ1n) is 15.5. The Balaban J connectivity index is 1.18. The van der Waals surface area contributed by atoms with E-state index < -0.39 is 0 Å². The molecule has 1 saturated heterocycles. The molecule has 230 valence electrons. The summed E-state index contributed by atoms with van der Waals surface area (Å²) in [5, 5.41) is 9.51. The Hall–Kier alpha value is -4.38. The molecular formula is C37H36ClN3O4. The van der Waals surface area contributed by atoms with Crippen LogP contribution in [0.15, 0.2) is 67.0 Å². The number of ether oxygens (including phenoxy) is 3. The number of carbonyl (C=O) groups excluding carboxylic acids is 1. The van der Waals surface area contributed by atoms with Crippen molar-refractivity contribution in [1.82, 2.24) is 9.88 Å². The fourth-order valence-corrected chi connectivity index (χ4v) is 6.55. The second kappa shape index (κ2) is 14.2. The lowest BCUT2D eigenvalue weighted by molar-refractivity contribution is 0.111. The van der Waals surface area contributed by atoms with E-state index in [4.69, 9.17) is 31.1 Å². The minimum absolute atomic E-state index is 0.140. The van der Waals surface area contributed by atoms with E-state index >= 15 is 0 Å². The molecule has 1 atom stereocenters. The second-order valence-corrected chi connectivity index (χ2v) is 12.0. The van der Waals surface area contributed by atoms with E-state index in [1.165, 1.54) is 48.8 Å². The summed E-state index contributed by atoms with van der Waals surface area (Å²) >= 11 is 6.59. The fourth-order valence-electron chi connectivity index (χ4n) is 6.33. The number of halogens is 1. The summed E-state index contributed by atoms with van der Waals surface area (Å²) in [5.74, 6) is 1.73. The molecule has 45 heavy (non-hydrogen) atoms. The number of pyridine rings is 1. The van der Waals surface area contributed by atoms with Gasteiger partial charge in [-0.2, -0.15) is 5.26 Å². The van der Waals surface area contributed by atoms with Crippen molar-refractivity contribution in [3.05, 3.63) is 105 Å². The molecule has 2 heterocycles. The third-order valence-corrected chi connectivity index (χ3v) is 8.94. The molecule has 0 radical (unpaired) electrons. The topological polar surface area (TPSA) is 84.7 Å². The van der Waals surface area contributed by atoms with Crippen molar-refractivity contribution in [2.75, 3.05) is 26.2 Å². The number of carbonyl (C=O) groups is 1. The maximum absolute atomic E-state index is 11.8. The van der Waals surface area contributed by atoms with Crippen molar-refractivity contribution in [3.63, 3.8) is 0 Å². The maximum Gasteiger partial charge on any atom is 0.153 e. The molecule has 0 N–H and O–H groups in total. The average Bonchev–Trinajstić information content (AvgIpc) is 3.74. The number of likely N-dealkylation sites (tertiary alicyclic amines) is 1. The summed E-state index contributed by atoms with van der Waals surface area (Å²) in [6.45, 7) is 6.50. The lowest BCUT2D eigenvalue weighted by Crippen LogP contribution is -2.22. The molecule has 0 amide bonds. The van der Waals surface area contributed by atoms with E-state index in [0.717, 1.165) is 42.7 Å². The quantitative estimate of drug-likeness (QED) is 0.117. The van der Waals surface area contributed by atoms with Crippen LogP contribution >= 0.6 is 11.6 Å². The van der Waals surface area contributed by atoms with Crippen LogP contribution in [0.2, 0.25) is 5.02 Å². The molecule has 3 aromatic carbocycles. The van der Waals surface area contributed by atoms with Crippen molar-refractivity contribution in [3.8, 4) is 34.4 Å². The summed E-state index contributed by atoms with van der Waals surface area (Å²) in [6, 6.07) is 19.7. The van der Waals surface area contributed by atoms with E-state index in [9.17, 15) is 4.79 Å². The zero-order chi connectivity index (χ0) is 31.2. The second-order valence-electron chi connectivity index (χ2n) is 11.6. The zero-order valence-electron chi connectivity index (χ0n) is 25.4. The van der Waals surface area contributed by atoms with Crippen molar-refractivity contribution in [1.29, 1.82) is 5.26 Å². The Bertz CT molecular complexity index is 1730. The summed E-state index contributed by atoms with van der Waals surface area (Å²) in [6.07, 6.45) is 8.93. The van der Waals surface area contributed by atoms with E-state index in [-0.39, 0.29) is 12.7 Å². The Morgan fingerprint density at radius 3 is 2.67 bits per heavy atom. The summed E-state index contributed by atoms with van der Waals surface area (Å²) in [7, 11) is 0. The Morgan fingerprint density at radius 1 is 1.02 bits per heavy atom. The van der Waals surface area contributed by atoms with Crippen LogP contribution in [0.25, 0.3) is 11.1 Å². The van der Waals surface area contributed by atoms with Crippen LogP contribution in [0.3, 0.4) is 0 Å². The highest BCUT2D eigenvalue weighted by molar-refractivity contribution is 6.32. The summed E-state index contributed by atoms with van der Waals surface area (Å²) in [5.41, 5.74) is 7.36. The largest absolute Gasteiger partial charge is 0.493 e. The van der Waals surface area contributed by atoms with Gasteiger partial charge in [0.15, 0.2) is 6.29 Å². The van der Waals surface area contributed by atoms with Gasteiger partial charge in [-0.05, 0) is 98.1 Å². The van der Waals surface area contributed by atoms with Crippen molar-refractivity contribution in [2.24, 2.45) is 0 Å². The van der Waals surface area contributed by atoms with E-state index in [1.807, 2.05) is 0 Å². The number of aromatic nitrogens is 1. The molecule has 6 rings (SSSR count). The molecular weight excluding hydrogens is 586 g/mol. The van der Waals surface area contributed by atoms with E-state index in [2.05, 4.69) is 59.3 Å². The number of aldehydes is 1. The van der Waals surface area contributed by atoms with Gasteiger partial charge < -0.3 is 19.1 Å². The normalized spacial score (nSPS) is 15.8. The number of nitrogens with zero attached hydrogens (tertiary/aromatic N) is 3. The summed E-state index contributed by atoms with van der Waals surface area (Å²) in [4.78, 5) is 18.4. The van der Waals surface area contributed by atoms with Crippen LogP contribution in [-0.4, -0.2) is 42.4 Å². The van der Waals surface area contributed by atoms with Gasteiger partial charge in [-0.15, -0.1) is 0 Å². The number of rotatable bonds is 12. The van der Waals surface area contributed by atoms with Crippen LogP contribution < -0.4 is 14.2 Å². The van der Waals surface area contributed by atoms with E-state index in [0.29, 0.717) is 46.1 Å². The molecule has 1 fully saturated rings. The van der Waals surface area contributed by atoms with Gasteiger partial charge in [0.25, 0.3) is 0 Å². The first kappa shape index (κ1) is 30.6. The Kier molecular flexibility index (Phi) is 9.63. The van der Waals surface area contributed by atoms with Crippen molar-refractivity contribution < 1.29 is 19.0 Å². The smallest absolute Gasteiger partial charge is 0.153 e. The third kappa shape index (κ3) is 6.98. The average molecular weight is 622 g/mol. The van der Waals surface area contributed by atoms with Gasteiger partial charge in [0, 0.05) is 30.6 Å². The molecule has 1 aliphatic heterocycles. The standard InChI is InChI=1S/C37H36ClN3O4/c1-25-29(7-5-10-34(25)43-16-6-15-41-13-2-3-14-41)30-8-4-9-32-31(30)11-12-35(32)45-37-19-36(28(23-42)18-33(37)38)44-24-27-17-26(20-39)21-40-22-27/h4-5,7-10,17-19,21-23,35H,2-3,6,11-16,24H2,1H3. The van der Waals surface area contributed by atoms with Crippen molar-refractivity contribution in [2.45, 2.75) is 51.7 Å². The van der Waals surface area contributed by atoms with Crippen LogP contribution in [0.4, 0.5) is 0 Å². The molecule has 4 aromatic rings. The molecule has 0 saturated carbocycles. The number of hydrogen-bond donors (Lipinski definition) is 0. The Labute approximate surface area is 269 Å². The molecule has 8 heteroatoms. The molecule has 7 nitrogen and oxygen atoms in total.